The van der Waals surface area contributed by atoms with Crippen LogP contribution >= 0.6 is 0 Å². The minimum Gasteiger partial charge on any atom is -0.439 e. The summed E-state index contributed by atoms with van der Waals surface area (Å²) < 4.78 is 8.29. The van der Waals surface area contributed by atoms with Crippen molar-refractivity contribution < 1.29 is 4.74 Å². The molecule has 3 aromatic heterocycles. The molecule has 5 nitrogen and oxygen atoms in total. The Labute approximate surface area is 229 Å². The van der Waals surface area contributed by atoms with E-state index in [2.05, 4.69) is 109 Å². The molecule has 5 heteroatoms. The number of fused-ring (bicyclic) bond motifs is 3. The van der Waals surface area contributed by atoms with E-state index < -0.39 is 0 Å². The molecule has 0 bridgehead atoms. The van der Waals surface area contributed by atoms with Gasteiger partial charge < -0.3 is 9.64 Å². The molecule has 0 saturated heterocycles. The monoisotopic (exact) mass is 512 g/mol. The molecule has 39 heavy (non-hydrogen) atoms. The number of para-hydroxylation sites is 1. The number of pyridine rings is 2. The normalized spacial score (nSPS) is 11.5. The third-order valence-corrected chi connectivity index (χ3v) is 7.07. The van der Waals surface area contributed by atoms with Crippen LogP contribution in [0.2, 0.25) is 0 Å². The molecule has 0 atom stereocenters. The third kappa shape index (κ3) is 4.72. The van der Waals surface area contributed by atoms with E-state index in [4.69, 9.17) is 9.72 Å². The molecule has 0 unspecified atom stereocenters. The van der Waals surface area contributed by atoms with Crippen molar-refractivity contribution in [3.63, 3.8) is 0 Å². The predicted octanol–water partition coefficient (Wildman–Crippen LogP) is 8.66. The first-order chi connectivity index (χ1) is 19.0. The minimum absolute atomic E-state index is 0.380. The first-order valence-corrected chi connectivity index (χ1v) is 13.5. The van der Waals surface area contributed by atoms with Crippen LogP contribution in [-0.4, -0.2) is 26.6 Å². The van der Waals surface area contributed by atoms with Crippen LogP contribution in [0, 0.1) is 0 Å². The standard InChI is InChI=1S/C34H32N4O/c1-23(2)37(24(3)4)27-17-19-35-33(22-27)38-31-13-6-5-12-29(31)30-16-15-26(21-32(30)38)25-10-9-11-28(20-25)39-34-14-7-8-18-36-34/h5-24H,1-4H3. The van der Waals surface area contributed by atoms with Crippen LogP contribution in [0.15, 0.2) is 109 Å². The lowest BCUT2D eigenvalue weighted by Gasteiger charge is -2.33. The van der Waals surface area contributed by atoms with Crippen molar-refractivity contribution in [1.29, 1.82) is 0 Å². The van der Waals surface area contributed by atoms with Crippen LogP contribution in [-0.2, 0) is 0 Å². The van der Waals surface area contributed by atoms with Gasteiger partial charge in [0.2, 0.25) is 5.88 Å². The van der Waals surface area contributed by atoms with E-state index in [1.807, 2.05) is 36.5 Å². The molecule has 3 heterocycles. The highest BCUT2D eigenvalue weighted by Gasteiger charge is 2.18. The summed E-state index contributed by atoms with van der Waals surface area (Å²) >= 11 is 0. The SMILES string of the molecule is CC(C)N(c1ccnc(-n2c3ccccc3c3ccc(-c4cccc(Oc5ccccn5)c4)cc32)c1)C(C)C. The zero-order valence-corrected chi connectivity index (χ0v) is 22.7. The quantitative estimate of drug-likeness (QED) is 0.215. The molecular formula is C34H32N4O. The van der Waals surface area contributed by atoms with E-state index in [1.165, 1.54) is 16.5 Å². The number of hydrogen-bond donors (Lipinski definition) is 0. The summed E-state index contributed by atoms with van der Waals surface area (Å²) in [5, 5.41) is 2.41. The number of aromatic nitrogens is 3. The van der Waals surface area contributed by atoms with Gasteiger partial charge in [-0.25, -0.2) is 9.97 Å². The third-order valence-electron chi connectivity index (χ3n) is 7.07. The average Bonchev–Trinajstić information content (AvgIpc) is 3.27. The Morgan fingerprint density at radius 2 is 1.41 bits per heavy atom. The summed E-state index contributed by atoms with van der Waals surface area (Å²) in [6.45, 7) is 8.94. The summed E-state index contributed by atoms with van der Waals surface area (Å²) in [6, 6.07) is 34.1. The van der Waals surface area contributed by atoms with E-state index in [9.17, 15) is 0 Å². The molecule has 0 N–H and O–H groups in total. The highest BCUT2D eigenvalue weighted by molar-refractivity contribution is 6.10. The second-order valence-electron chi connectivity index (χ2n) is 10.3. The summed E-state index contributed by atoms with van der Waals surface area (Å²) in [5.74, 6) is 2.24. The van der Waals surface area contributed by atoms with Crippen LogP contribution in [0.25, 0.3) is 38.8 Å². The molecule has 0 aliphatic carbocycles. The van der Waals surface area contributed by atoms with Gasteiger partial charge in [-0.15, -0.1) is 0 Å². The zero-order chi connectivity index (χ0) is 26.9. The molecule has 0 spiro atoms. The first kappa shape index (κ1) is 24.7. The molecule has 0 aliphatic rings. The Kier molecular flexibility index (Phi) is 6.49. The topological polar surface area (TPSA) is 43.2 Å². The van der Waals surface area contributed by atoms with Gasteiger partial charge in [0, 0.05) is 53.1 Å². The Bertz CT molecular complexity index is 1750. The van der Waals surface area contributed by atoms with E-state index in [-0.39, 0.29) is 0 Å². The number of nitrogens with zero attached hydrogens (tertiary/aromatic N) is 4. The van der Waals surface area contributed by atoms with Crippen molar-refractivity contribution in [2.45, 2.75) is 39.8 Å². The van der Waals surface area contributed by atoms with Crippen molar-refractivity contribution in [1.82, 2.24) is 14.5 Å². The second-order valence-corrected chi connectivity index (χ2v) is 10.3. The maximum absolute atomic E-state index is 6.01. The van der Waals surface area contributed by atoms with Crippen LogP contribution in [0.4, 0.5) is 5.69 Å². The van der Waals surface area contributed by atoms with Crippen LogP contribution < -0.4 is 9.64 Å². The van der Waals surface area contributed by atoms with Gasteiger partial charge in [0.15, 0.2) is 0 Å². The van der Waals surface area contributed by atoms with Gasteiger partial charge in [-0.2, -0.15) is 0 Å². The minimum atomic E-state index is 0.380. The molecule has 194 valence electrons. The summed E-state index contributed by atoms with van der Waals surface area (Å²) in [6.07, 6.45) is 3.65. The number of rotatable bonds is 7. The first-order valence-electron chi connectivity index (χ1n) is 13.5. The Hall–Kier alpha value is -4.64. The van der Waals surface area contributed by atoms with Crippen molar-refractivity contribution in [2.75, 3.05) is 4.90 Å². The molecule has 0 aliphatic heterocycles. The number of hydrogen-bond acceptors (Lipinski definition) is 4. The van der Waals surface area contributed by atoms with Gasteiger partial charge in [-0.3, -0.25) is 4.57 Å². The highest BCUT2D eigenvalue weighted by atomic mass is 16.5. The largest absolute Gasteiger partial charge is 0.439 e. The molecule has 3 aromatic carbocycles. The van der Waals surface area contributed by atoms with Gasteiger partial charge in [0.05, 0.1) is 11.0 Å². The van der Waals surface area contributed by atoms with E-state index in [0.29, 0.717) is 18.0 Å². The Morgan fingerprint density at radius 3 is 2.21 bits per heavy atom. The van der Waals surface area contributed by atoms with Crippen molar-refractivity contribution in [2.24, 2.45) is 0 Å². The van der Waals surface area contributed by atoms with E-state index >= 15 is 0 Å². The second kappa shape index (κ2) is 10.3. The lowest BCUT2D eigenvalue weighted by Crippen LogP contribution is -2.37. The maximum atomic E-state index is 6.01. The lowest BCUT2D eigenvalue weighted by molar-refractivity contribution is 0.463. The van der Waals surface area contributed by atoms with Gasteiger partial charge >= 0.3 is 0 Å². The van der Waals surface area contributed by atoms with Crippen LogP contribution in [0.5, 0.6) is 11.6 Å². The summed E-state index contributed by atoms with van der Waals surface area (Å²) in [7, 11) is 0. The van der Waals surface area contributed by atoms with Gasteiger partial charge in [0.25, 0.3) is 0 Å². The Balaban J connectivity index is 1.49. The smallest absolute Gasteiger partial charge is 0.219 e. The Morgan fingerprint density at radius 1 is 0.641 bits per heavy atom. The summed E-state index contributed by atoms with van der Waals surface area (Å²) in [4.78, 5) is 11.6. The number of benzene rings is 3. The van der Waals surface area contributed by atoms with Crippen LogP contribution in [0.1, 0.15) is 27.7 Å². The molecule has 0 fully saturated rings. The molecule has 0 radical (unpaired) electrons. The van der Waals surface area contributed by atoms with E-state index in [1.54, 1.807) is 6.20 Å². The molecule has 6 aromatic rings. The van der Waals surface area contributed by atoms with Gasteiger partial charge in [-0.1, -0.05) is 48.5 Å². The molecule has 0 saturated carbocycles. The summed E-state index contributed by atoms with van der Waals surface area (Å²) in [5.41, 5.74) is 5.62. The predicted molar refractivity (Wildman–Crippen MR) is 161 cm³/mol. The fraction of sp³-hybridized carbons (Fsp3) is 0.176. The van der Waals surface area contributed by atoms with Crippen molar-refractivity contribution in [3.8, 4) is 28.6 Å². The van der Waals surface area contributed by atoms with Gasteiger partial charge in [-0.05, 0) is 75.2 Å². The average molecular weight is 513 g/mol. The molecular weight excluding hydrogens is 480 g/mol. The maximum Gasteiger partial charge on any atom is 0.219 e. The highest BCUT2D eigenvalue weighted by Crippen LogP contribution is 2.36. The van der Waals surface area contributed by atoms with E-state index in [0.717, 1.165) is 33.7 Å². The van der Waals surface area contributed by atoms with Crippen LogP contribution in [0.3, 0.4) is 0 Å². The van der Waals surface area contributed by atoms with Crippen molar-refractivity contribution >= 4 is 27.5 Å². The zero-order valence-electron chi connectivity index (χ0n) is 22.7. The number of ether oxygens (including phenoxy) is 1. The molecule has 6 rings (SSSR count). The van der Waals surface area contributed by atoms with Crippen molar-refractivity contribution in [3.05, 3.63) is 109 Å². The molecule has 0 amide bonds. The lowest BCUT2D eigenvalue weighted by atomic mass is 10.0. The fourth-order valence-electron chi connectivity index (χ4n) is 5.55. The fourth-order valence-corrected chi connectivity index (χ4v) is 5.55. The van der Waals surface area contributed by atoms with Gasteiger partial charge in [0.1, 0.15) is 11.6 Å². The number of anilines is 1.